The highest BCUT2D eigenvalue weighted by molar-refractivity contribution is 5.96. The fraction of sp³-hybridized carbons (Fsp3) is 0.278. The number of nitrogens with one attached hydrogen (secondary N) is 1. The molecule has 0 radical (unpaired) electrons. The second-order valence-electron chi connectivity index (χ2n) is 6.09. The highest BCUT2D eigenvalue weighted by Crippen LogP contribution is 2.19. The van der Waals surface area contributed by atoms with Crippen molar-refractivity contribution in [1.29, 1.82) is 0 Å². The first-order valence-electron chi connectivity index (χ1n) is 7.88. The maximum Gasteiger partial charge on any atom is 0.257 e. The monoisotopic (exact) mass is 342 g/mol. The van der Waals surface area contributed by atoms with Gasteiger partial charge >= 0.3 is 0 Å². The molecule has 0 saturated carbocycles. The summed E-state index contributed by atoms with van der Waals surface area (Å²) in [6.45, 7) is 2.14. The summed E-state index contributed by atoms with van der Waals surface area (Å²) in [5.74, 6) is -0.550. The first-order chi connectivity index (χ1) is 12.0. The fourth-order valence-electron chi connectivity index (χ4n) is 2.67. The van der Waals surface area contributed by atoms with Crippen LogP contribution in [0.2, 0.25) is 0 Å². The van der Waals surface area contributed by atoms with Gasteiger partial charge in [-0.3, -0.25) is 4.79 Å². The van der Waals surface area contributed by atoms with Crippen molar-refractivity contribution in [2.75, 3.05) is 20.6 Å². The molecule has 0 aliphatic heterocycles. The Kier molecular flexibility index (Phi) is 4.76. The summed E-state index contributed by atoms with van der Waals surface area (Å²) in [7, 11) is 3.77. The zero-order valence-electron chi connectivity index (χ0n) is 14.3. The maximum absolute atomic E-state index is 13.5. The lowest BCUT2D eigenvalue weighted by Crippen LogP contribution is -2.34. The summed E-state index contributed by atoms with van der Waals surface area (Å²) in [4.78, 5) is 18.5. The summed E-state index contributed by atoms with van der Waals surface area (Å²) in [5.41, 5.74) is 2.31. The topological polar surface area (TPSA) is 71.3 Å². The third-order valence-corrected chi connectivity index (χ3v) is 4.08. The van der Waals surface area contributed by atoms with Gasteiger partial charge in [0.2, 0.25) is 0 Å². The molecule has 130 valence electrons. The molecule has 1 N–H and O–H groups in total. The van der Waals surface area contributed by atoms with Crippen LogP contribution in [0.4, 0.5) is 4.39 Å². The largest absolute Gasteiger partial charge is 0.350 e. The van der Waals surface area contributed by atoms with E-state index in [9.17, 15) is 9.18 Å². The summed E-state index contributed by atoms with van der Waals surface area (Å²) < 4.78 is 18.5. The lowest BCUT2D eigenvalue weighted by molar-refractivity contribution is 0.0941. The van der Waals surface area contributed by atoms with Gasteiger partial charge in [-0.25, -0.2) is 9.37 Å². The predicted molar refractivity (Wildman–Crippen MR) is 91.7 cm³/mol. The van der Waals surface area contributed by atoms with Gasteiger partial charge in [0.25, 0.3) is 11.6 Å². The number of carbonyl (C=O) groups is 1. The summed E-state index contributed by atoms with van der Waals surface area (Å²) in [6.07, 6.45) is 1.45. The molecular weight excluding hydrogens is 323 g/mol. The molecule has 0 saturated heterocycles. The van der Waals surface area contributed by atoms with Crippen molar-refractivity contribution < 1.29 is 13.7 Å². The van der Waals surface area contributed by atoms with E-state index in [1.54, 1.807) is 19.1 Å². The Labute approximate surface area is 144 Å². The molecule has 1 amide bonds. The Bertz CT molecular complexity index is 907. The first-order valence-corrected chi connectivity index (χ1v) is 7.88. The predicted octanol–water partition coefficient (Wildman–Crippen LogP) is 2.70. The van der Waals surface area contributed by atoms with Crippen LogP contribution in [0, 0.1) is 12.7 Å². The lowest BCUT2D eigenvalue weighted by atomic mass is 10.1. The van der Waals surface area contributed by atoms with Crippen LogP contribution in [0.15, 0.2) is 41.1 Å². The van der Waals surface area contributed by atoms with Crippen LogP contribution in [0.5, 0.6) is 0 Å². The van der Waals surface area contributed by atoms with Crippen molar-refractivity contribution >= 4 is 17.0 Å². The van der Waals surface area contributed by atoms with Gasteiger partial charge in [0, 0.05) is 12.7 Å². The molecule has 6 nitrogen and oxygen atoms in total. The number of fused-ring (bicyclic) bond motifs is 1. The lowest BCUT2D eigenvalue weighted by Gasteiger charge is -2.25. The molecule has 0 bridgehead atoms. The van der Waals surface area contributed by atoms with E-state index in [1.807, 2.05) is 25.1 Å². The number of hydrogen-bond acceptors (Lipinski definition) is 5. The Morgan fingerprint density at radius 2 is 2.16 bits per heavy atom. The van der Waals surface area contributed by atoms with E-state index in [2.05, 4.69) is 15.5 Å². The highest BCUT2D eigenvalue weighted by atomic mass is 19.1. The third kappa shape index (κ3) is 3.66. The Morgan fingerprint density at radius 1 is 1.36 bits per heavy atom. The molecule has 3 rings (SSSR count). The van der Waals surface area contributed by atoms with Crippen LogP contribution >= 0.6 is 0 Å². The van der Waals surface area contributed by atoms with Crippen LogP contribution < -0.4 is 5.32 Å². The summed E-state index contributed by atoms with van der Waals surface area (Å²) in [6, 6.07) is 7.94. The molecule has 3 aromatic rings. The van der Waals surface area contributed by atoms with Gasteiger partial charge in [-0.05, 0) is 44.8 Å². The number of carbonyl (C=O) groups excluding carboxylic acids is 1. The zero-order chi connectivity index (χ0) is 18.0. The number of nitrogens with zero attached hydrogens (tertiary/aromatic N) is 3. The number of hydrogen-bond donors (Lipinski definition) is 1. The molecule has 0 unspecified atom stereocenters. The SMILES string of the molecule is Cc1noc2ncc(C(=O)NC[C@H](c3cccc(F)c3)N(C)C)cc12. The van der Waals surface area contributed by atoms with Crippen LogP contribution in [-0.4, -0.2) is 41.6 Å². The van der Waals surface area contributed by atoms with Crippen LogP contribution in [0.25, 0.3) is 11.1 Å². The van der Waals surface area contributed by atoms with Crippen molar-refractivity contribution in [3.05, 3.63) is 59.2 Å². The molecule has 7 heteroatoms. The minimum absolute atomic E-state index is 0.145. The Hall–Kier alpha value is -2.80. The van der Waals surface area contributed by atoms with Gasteiger partial charge in [-0.2, -0.15) is 0 Å². The van der Waals surface area contributed by atoms with E-state index >= 15 is 0 Å². The number of likely N-dealkylation sites (N-methyl/N-ethyl adjacent to an activating group) is 1. The van der Waals surface area contributed by atoms with Gasteiger partial charge in [-0.1, -0.05) is 17.3 Å². The normalized spacial score (nSPS) is 12.5. The quantitative estimate of drug-likeness (QED) is 0.772. The van der Waals surface area contributed by atoms with E-state index in [0.29, 0.717) is 28.9 Å². The van der Waals surface area contributed by atoms with E-state index in [1.165, 1.54) is 18.3 Å². The van der Waals surface area contributed by atoms with E-state index in [4.69, 9.17) is 4.52 Å². The second kappa shape index (κ2) is 6.98. The molecule has 2 heterocycles. The Morgan fingerprint density at radius 3 is 2.88 bits per heavy atom. The molecule has 0 spiro atoms. The van der Waals surface area contributed by atoms with Crippen molar-refractivity contribution in [1.82, 2.24) is 20.4 Å². The number of benzene rings is 1. The van der Waals surface area contributed by atoms with Gasteiger partial charge < -0.3 is 14.7 Å². The van der Waals surface area contributed by atoms with Crippen molar-refractivity contribution in [3.63, 3.8) is 0 Å². The zero-order valence-corrected chi connectivity index (χ0v) is 14.3. The smallest absolute Gasteiger partial charge is 0.257 e. The molecule has 25 heavy (non-hydrogen) atoms. The highest BCUT2D eigenvalue weighted by Gasteiger charge is 2.17. The maximum atomic E-state index is 13.5. The second-order valence-corrected chi connectivity index (χ2v) is 6.09. The van der Waals surface area contributed by atoms with Crippen molar-refractivity contribution in [3.8, 4) is 0 Å². The number of amides is 1. The van der Waals surface area contributed by atoms with Crippen molar-refractivity contribution in [2.45, 2.75) is 13.0 Å². The average molecular weight is 342 g/mol. The first kappa shape index (κ1) is 17.0. The van der Waals surface area contributed by atoms with Gasteiger partial charge in [0.1, 0.15) is 5.82 Å². The van der Waals surface area contributed by atoms with Crippen LogP contribution in [0.3, 0.4) is 0 Å². The molecular formula is C18H19FN4O2. The number of rotatable bonds is 5. The number of halogens is 1. The molecule has 0 fully saturated rings. The number of pyridine rings is 1. The van der Waals surface area contributed by atoms with Crippen LogP contribution in [-0.2, 0) is 0 Å². The Balaban J connectivity index is 1.75. The molecule has 2 aromatic heterocycles. The molecule has 0 aliphatic carbocycles. The number of aryl methyl sites for hydroxylation is 1. The molecule has 1 atom stereocenters. The minimum atomic E-state index is -0.298. The summed E-state index contributed by atoms with van der Waals surface area (Å²) in [5, 5.41) is 7.42. The fourth-order valence-corrected chi connectivity index (χ4v) is 2.67. The van der Waals surface area contributed by atoms with E-state index in [-0.39, 0.29) is 17.8 Å². The summed E-state index contributed by atoms with van der Waals surface area (Å²) >= 11 is 0. The van der Waals surface area contributed by atoms with Gasteiger partial charge in [0.05, 0.1) is 22.7 Å². The standard InChI is InChI=1S/C18H19FN4O2/c1-11-15-8-13(9-21-18(15)25-22-11)17(24)20-10-16(23(2)3)12-5-4-6-14(19)7-12/h4-9,16H,10H2,1-3H3,(H,20,24)/t16-/m1/s1. The average Bonchev–Trinajstić information content (AvgIpc) is 2.95. The van der Waals surface area contributed by atoms with Gasteiger partial charge in [-0.15, -0.1) is 0 Å². The van der Waals surface area contributed by atoms with E-state index in [0.717, 1.165) is 5.56 Å². The number of aromatic nitrogens is 2. The third-order valence-electron chi connectivity index (χ3n) is 4.08. The van der Waals surface area contributed by atoms with Crippen LogP contribution in [0.1, 0.15) is 27.7 Å². The minimum Gasteiger partial charge on any atom is -0.350 e. The van der Waals surface area contributed by atoms with Crippen molar-refractivity contribution in [2.24, 2.45) is 0 Å². The van der Waals surface area contributed by atoms with E-state index < -0.39 is 0 Å². The molecule has 1 aromatic carbocycles. The van der Waals surface area contributed by atoms with Gasteiger partial charge in [0.15, 0.2) is 0 Å². The molecule has 0 aliphatic rings.